The Bertz CT molecular complexity index is 1110. The summed E-state index contributed by atoms with van der Waals surface area (Å²) in [6.45, 7) is 7.69. The van der Waals surface area contributed by atoms with Crippen LogP contribution in [0.25, 0.3) is 10.9 Å². The van der Waals surface area contributed by atoms with Gasteiger partial charge in [-0.2, -0.15) is 0 Å². The van der Waals surface area contributed by atoms with Gasteiger partial charge in [0.1, 0.15) is 23.9 Å². The number of hydrogen-bond acceptors (Lipinski definition) is 6. The topological polar surface area (TPSA) is 62.2 Å². The quantitative estimate of drug-likeness (QED) is 0.229. The van der Waals surface area contributed by atoms with Crippen molar-refractivity contribution in [3.8, 4) is 17.2 Å². The van der Waals surface area contributed by atoms with Crippen LogP contribution >= 0.6 is 15.9 Å². The summed E-state index contributed by atoms with van der Waals surface area (Å²) in [4.78, 5) is 15.6. The zero-order chi connectivity index (χ0) is 24.7. The Morgan fingerprint density at radius 3 is 2.32 bits per heavy atom. The van der Waals surface area contributed by atoms with Gasteiger partial charge < -0.3 is 28.4 Å². The first-order valence-electron chi connectivity index (χ1n) is 11.4. The fraction of sp³-hybridized carbons (Fsp3) is 0.423. The first kappa shape index (κ1) is 25.9. The molecule has 3 aromatic rings. The molecular formula is C26H33BrN2O5. The molecule has 8 heteroatoms. The van der Waals surface area contributed by atoms with Crippen molar-refractivity contribution in [1.82, 2.24) is 9.47 Å². The number of carbonyl (C=O) groups is 1. The molecule has 0 bridgehead atoms. The molecule has 0 amide bonds. The highest BCUT2D eigenvalue weighted by molar-refractivity contribution is 9.10. The van der Waals surface area contributed by atoms with Gasteiger partial charge in [0.2, 0.25) is 0 Å². The Hall–Kier alpha value is -2.71. The van der Waals surface area contributed by atoms with E-state index in [0.717, 1.165) is 52.9 Å². The van der Waals surface area contributed by atoms with Crippen LogP contribution in [-0.4, -0.2) is 55.9 Å². The van der Waals surface area contributed by atoms with Crippen molar-refractivity contribution in [2.24, 2.45) is 7.05 Å². The molecule has 7 nitrogen and oxygen atoms in total. The van der Waals surface area contributed by atoms with Crippen LogP contribution in [0.3, 0.4) is 0 Å². The molecule has 0 N–H and O–H groups in total. The number of halogens is 1. The van der Waals surface area contributed by atoms with Crippen molar-refractivity contribution in [3.63, 3.8) is 0 Å². The van der Waals surface area contributed by atoms with Crippen LogP contribution < -0.4 is 14.2 Å². The maximum Gasteiger partial charge on any atom is 0.340 e. The molecule has 0 fully saturated rings. The van der Waals surface area contributed by atoms with Gasteiger partial charge in [-0.15, -0.1) is 0 Å². The number of ether oxygens (including phenoxy) is 4. The predicted molar refractivity (Wildman–Crippen MR) is 137 cm³/mol. The number of methoxy groups -OCH3 is 2. The second-order valence-electron chi connectivity index (χ2n) is 7.87. The minimum Gasteiger partial charge on any atom is -0.497 e. The van der Waals surface area contributed by atoms with E-state index in [9.17, 15) is 4.79 Å². The molecule has 0 aliphatic rings. The SMILES string of the molecule is CCN(CC)CCCOC(=O)c1c(COc2ccc(OC)cc2)n(C)c2cc(Br)c(OC)cc12. The number of fused-ring (bicyclic) bond motifs is 1. The third-order valence-corrected chi connectivity index (χ3v) is 6.60. The van der Waals surface area contributed by atoms with Gasteiger partial charge in [0.05, 0.1) is 42.1 Å². The molecule has 0 aliphatic heterocycles. The summed E-state index contributed by atoms with van der Waals surface area (Å²) in [5.41, 5.74) is 2.12. The van der Waals surface area contributed by atoms with E-state index >= 15 is 0 Å². The summed E-state index contributed by atoms with van der Waals surface area (Å²) in [5.74, 6) is 1.73. The maximum atomic E-state index is 13.3. The standard InChI is InChI=1S/C26H33BrN2O5/c1-6-29(7-2)13-8-14-33-26(30)25-20-15-24(32-5)21(27)16-22(20)28(3)23(25)17-34-19-11-9-18(31-4)10-12-19/h9-12,15-16H,6-8,13-14,17H2,1-5H3. The van der Waals surface area contributed by atoms with E-state index < -0.39 is 0 Å². The van der Waals surface area contributed by atoms with Crippen LogP contribution in [0, 0.1) is 0 Å². The number of carbonyl (C=O) groups excluding carboxylic acids is 1. The van der Waals surface area contributed by atoms with Crippen molar-refractivity contribution < 1.29 is 23.7 Å². The number of aromatic nitrogens is 1. The first-order chi connectivity index (χ1) is 16.4. The highest BCUT2D eigenvalue weighted by Crippen LogP contribution is 2.35. The highest BCUT2D eigenvalue weighted by Gasteiger charge is 2.24. The van der Waals surface area contributed by atoms with Crippen molar-refractivity contribution >= 4 is 32.8 Å². The molecule has 0 saturated carbocycles. The summed E-state index contributed by atoms with van der Waals surface area (Å²) >= 11 is 3.55. The summed E-state index contributed by atoms with van der Waals surface area (Å²) in [7, 11) is 5.15. The first-order valence-corrected chi connectivity index (χ1v) is 12.2. The van der Waals surface area contributed by atoms with E-state index in [4.69, 9.17) is 18.9 Å². The second kappa shape index (κ2) is 12.1. The van der Waals surface area contributed by atoms with Crippen LogP contribution in [-0.2, 0) is 18.4 Å². The molecule has 0 radical (unpaired) electrons. The number of nitrogens with zero attached hydrogens (tertiary/aromatic N) is 2. The van der Waals surface area contributed by atoms with Crippen LogP contribution in [0.4, 0.5) is 0 Å². The van der Waals surface area contributed by atoms with Gasteiger partial charge in [0.25, 0.3) is 0 Å². The monoisotopic (exact) mass is 532 g/mol. The summed E-state index contributed by atoms with van der Waals surface area (Å²) in [6, 6.07) is 11.2. The van der Waals surface area contributed by atoms with E-state index in [2.05, 4.69) is 34.7 Å². The second-order valence-corrected chi connectivity index (χ2v) is 8.72. The maximum absolute atomic E-state index is 13.3. The van der Waals surface area contributed by atoms with Crippen LogP contribution in [0.1, 0.15) is 36.3 Å². The van der Waals surface area contributed by atoms with Crippen LogP contribution in [0.15, 0.2) is 40.9 Å². The molecule has 184 valence electrons. The Morgan fingerprint density at radius 1 is 1.03 bits per heavy atom. The van der Waals surface area contributed by atoms with Crippen molar-refractivity contribution in [2.45, 2.75) is 26.9 Å². The van der Waals surface area contributed by atoms with Gasteiger partial charge in [-0.05, 0) is 71.8 Å². The lowest BCUT2D eigenvalue weighted by molar-refractivity contribution is 0.0488. The molecule has 34 heavy (non-hydrogen) atoms. The van der Waals surface area contributed by atoms with E-state index in [0.29, 0.717) is 23.7 Å². The van der Waals surface area contributed by atoms with Crippen molar-refractivity contribution in [1.29, 1.82) is 0 Å². The van der Waals surface area contributed by atoms with Gasteiger partial charge in [-0.3, -0.25) is 0 Å². The summed E-state index contributed by atoms with van der Waals surface area (Å²) in [6.07, 6.45) is 0.782. The molecule has 0 aliphatic carbocycles. The van der Waals surface area contributed by atoms with Gasteiger partial charge >= 0.3 is 5.97 Å². The van der Waals surface area contributed by atoms with Gasteiger partial charge in [0.15, 0.2) is 0 Å². The Kier molecular flexibility index (Phi) is 9.24. The van der Waals surface area contributed by atoms with E-state index in [-0.39, 0.29) is 12.6 Å². The number of aryl methyl sites for hydroxylation is 1. The van der Waals surface area contributed by atoms with E-state index in [1.165, 1.54) is 0 Å². The third kappa shape index (κ3) is 5.85. The lowest BCUT2D eigenvalue weighted by Gasteiger charge is -2.17. The molecular weight excluding hydrogens is 500 g/mol. The normalized spacial score (nSPS) is 11.1. The Morgan fingerprint density at radius 2 is 1.71 bits per heavy atom. The fourth-order valence-corrected chi connectivity index (χ4v) is 4.42. The number of rotatable bonds is 12. The summed E-state index contributed by atoms with van der Waals surface area (Å²) in [5, 5.41) is 0.768. The number of benzene rings is 2. The summed E-state index contributed by atoms with van der Waals surface area (Å²) < 4.78 is 25.2. The average Bonchev–Trinajstić information content (AvgIpc) is 3.12. The fourth-order valence-electron chi connectivity index (χ4n) is 3.93. The highest BCUT2D eigenvalue weighted by atomic mass is 79.9. The molecule has 3 rings (SSSR count). The third-order valence-electron chi connectivity index (χ3n) is 5.98. The van der Waals surface area contributed by atoms with Crippen molar-refractivity contribution in [2.75, 3.05) is 40.5 Å². The van der Waals surface area contributed by atoms with Crippen molar-refractivity contribution in [3.05, 3.63) is 52.1 Å². The molecule has 1 aromatic heterocycles. The van der Waals surface area contributed by atoms with Crippen LogP contribution in [0.2, 0.25) is 0 Å². The average molecular weight is 533 g/mol. The lowest BCUT2D eigenvalue weighted by atomic mass is 10.1. The predicted octanol–water partition coefficient (Wildman–Crippen LogP) is 5.43. The smallest absolute Gasteiger partial charge is 0.340 e. The van der Waals surface area contributed by atoms with Gasteiger partial charge in [0, 0.05) is 19.0 Å². The molecule has 0 unspecified atom stereocenters. The largest absolute Gasteiger partial charge is 0.497 e. The number of esters is 1. The van der Waals surface area contributed by atoms with Crippen LogP contribution in [0.5, 0.6) is 17.2 Å². The number of hydrogen-bond donors (Lipinski definition) is 0. The molecule has 2 aromatic carbocycles. The Balaban J connectivity index is 1.88. The lowest BCUT2D eigenvalue weighted by Crippen LogP contribution is -2.25. The molecule has 0 saturated heterocycles. The van der Waals surface area contributed by atoms with E-state index in [1.54, 1.807) is 14.2 Å². The zero-order valence-corrected chi connectivity index (χ0v) is 22.1. The van der Waals surface area contributed by atoms with Gasteiger partial charge in [-0.25, -0.2) is 4.79 Å². The minimum atomic E-state index is -0.358. The zero-order valence-electron chi connectivity index (χ0n) is 20.5. The molecule has 0 spiro atoms. The Labute approximate surface area is 209 Å². The minimum absolute atomic E-state index is 0.210. The van der Waals surface area contributed by atoms with E-state index in [1.807, 2.05) is 48.0 Å². The molecule has 0 atom stereocenters. The van der Waals surface area contributed by atoms with Gasteiger partial charge in [-0.1, -0.05) is 13.8 Å². The molecule has 1 heterocycles.